The predicted octanol–water partition coefficient (Wildman–Crippen LogP) is 0.656. The molecule has 3 aromatic rings. The number of fused-ring (bicyclic) bond motifs is 1. The number of nitrogens with two attached hydrogens (primary N) is 7. The molecule has 6 amide bonds. The van der Waals surface area contributed by atoms with Crippen LogP contribution in [0.3, 0.4) is 0 Å². The number of aliphatic hydroxyl groups is 2. The Balaban J connectivity index is 1.54. The number of nitrogens with one attached hydrogen (secondary N) is 6. The van der Waals surface area contributed by atoms with E-state index in [9.17, 15) is 63.0 Å². The van der Waals surface area contributed by atoms with Gasteiger partial charge in [0, 0.05) is 131 Å². The van der Waals surface area contributed by atoms with Crippen LogP contribution in [0, 0.1) is 47.3 Å². The molecule has 1 fully saturated rings. The molecule has 1 heterocycles. The molecule has 22 N–H and O–H groups in total. The molecule has 0 bridgehead atoms. The molecule has 0 unspecified atom stereocenters. The fourth-order valence-electron chi connectivity index (χ4n) is 13.7. The van der Waals surface area contributed by atoms with Gasteiger partial charge in [0.1, 0.15) is 11.8 Å². The quantitative estimate of drug-likeness (QED) is 0.0121. The number of guanidine groups is 3. The van der Waals surface area contributed by atoms with Gasteiger partial charge in [-0.1, -0.05) is 96.5 Å². The van der Waals surface area contributed by atoms with Crippen molar-refractivity contribution in [2.24, 2.45) is 102 Å². The number of benzene rings is 2. The standard InChI is InChI=1S/C84H128N16O21/c1-7-51(6)75(72(110)44-57(47-101)77(85)113)100-79(115)54(19-14-30-93-83(88)89)41-69(107)62(22-15-31-94-84(90)91)97-80(116)55(39-52-16-9-8-10-17-52)43-71(109)63(38-49(2)3)98-78(114)53(18-13-29-92-82(86)87)42-70(108)64(40-56-46-95-61-21-12-11-20-59(56)61)96-73(111)26-25-66(104)65(48-102)99-81(117)60(50(4)5)45-58(103)27-32-118-34-36-120-37-35-119-33-28-74(112)121-76-67(105)23-24-68(76)106/h8-12,16-17,20-21,46,49-51,53-55,57,60,62-65,75-76,95,101-102H,7,13-15,18-19,22-45,47-48H2,1-6H3,(H2,85,113)(H,96,111)(H,97,116)(H,98,114)(H,99,117)(H,100,115)(H4,86,87,92)(H4,88,89,93)(H4,90,91,94)/t51-,53-,54-,55-,57+,60+,62-,63-,64-,65-,75+/m1/s1. The third kappa shape index (κ3) is 38.7. The summed E-state index contributed by atoms with van der Waals surface area (Å²) in [6.45, 7) is 9.62. The number of aliphatic hydroxyl groups excluding tert-OH is 2. The molecule has 1 aliphatic rings. The number of amides is 6. The smallest absolute Gasteiger partial charge is 0.309 e. The Morgan fingerprint density at radius 1 is 0.496 bits per heavy atom. The fraction of sp³-hybridized carbons (Fsp3) is 0.619. The normalized spacial score (nSPS) is 14.9. The number of Topliss-reactive ketones (excluding diaryl/α,β-unsaturated/α-hetero) is 8. The maximum atomic E-state index is 15.2. The monoisotopic (exact) mass is 1700 g/mol. The molecule has 2 aromatic carbocycles. The van der Waals surface area contributed by atoms with Crippen LogP contribution in [0.4, 0.5) is 0 Å². The summed E-state index contributed by atoms with van der Waals surface area (Å²) >= 11 is 0. The summed E-state index contributed by atoms with van der Waals surface area (Å²) in [5.41, 5.74) is 41.3. The second-order valence-corrected chi connectivity index (χ2v) is 31.3. The molecule has 37 heteroatoms. The van der Waals surface area contributed by atoms with E-state index < -0.39 is 211 Å². The van der Waals surface area contributed by atoms with Crippen molar-refractivity contribution in [3.63, 3.8) is 0 Å². The van der Waals surface area contributed by atoms with Crippen LogP contribution in [0.2, 0.25) is 0 Å². The van der Waals surface area contributed by atoms with Gasteiger partial charge in [-0.05, 0) is 86.3 Å². The van der Waals surface area contributed by atoms with E-state index >= 15 is 19.2 Å². The van der Waals surface area contributed by atoms with E-state index in [-0.39, 0.29) is 179 Å². The van der Waals surface area contributed by atoms with Crippen molar-refractivity contribution < 1.29 is 101 Å². The van der Waals surface area contributed by atoms with E-state index in [0.29, 0.717) is 28.5 Å². The van der Waals surface area contributed by atoms with Crippen LogP contribution in [-0.2, 0) is 104 Å². The average molecular weight is 1700 g/mol. The molecule has 0 saturated heterocycles. The number of aromatic amines is 1. The van der Waals surface area contributed by atoms with Crippen LogP contribution in [0.25, 0.3) is 10.9 Å². The number of rotatable bonds is 64. The number of carbonyl (C=O) groups excluding carboxylic acids is 15. The molecule has 1 aliphatic carbocycles. The summed E-state index contributed by atoms with van der Waals surface area (Å²) in [5.74, 6) is -17.1. The van der Waals surface area contributed by atoms with E-state index in [0.717, 1.165) is 0 Å². The van der Waals surface area contributed by atoms with Gasteiger partial charge in [-0.3, -0.25) is 86.9 Å². The number of ether oxygens (including phenoxy) is 4. The zero-order valence-electron chi connectivity index (χ0n) is 70.5. The Kier molecular flexibility index (Phi) is 46.8. The molecule has 670 valence electrons. The number of aliphatic imine (C=N–C) groups is 3. The first-order chi connectivity index (χ1) is 57.5. The van der Waals surface area contributed by atoms with E-state index in [1.807, 2.05) is 26.0 Å². The summed E-state index contributed by atoms with van der Waals surface area (Å²) in [6.07, 6.45) is -2.34. The number of esters is 1. The van der Waals surface area contributed by atoms with Gasteiger partial charge in [0.15, 0.2) is 58.4 Å². The van der Waals surface area contributed by atoms with E-state index in [1.165, 1.54) is 0 Å². The van der Waals surface area contributed by atoms with E-state index in [1.54, 1.807) is 76.4 Å². The Morgan fingerprint density at radius 3 is 1.54 bits per heavy atom. The molecule has 0 radical (unpaired) electrons. The first kappa shape index (κ1) is 103. The molecule has 4 rings (SSSR count). The third-order valence-corrected chi connectivity index (χ3v) is 20.9. The lowest BCUT2D eigenvalue weighted by molar-refractivity contribution is -0.158. The zero-order valence-corrected chi connectivity index (χ0v) is 70.5. The number of hydrogen-bond donors (Lipinski definition) is 15. The molecular formula is C84H128N16O21. The van der Waals surface area contributed by atoms with Crippen molar-refractivity contribution in [1.29, 1.82) is 0 Å². The molecule has 11 atom stereocenters. The van der Waals surface area contributed by atoms with Crippen molar-refractivity contribution in [2.75, 3.05) is 72.5 Å². The lowest BCUT2D eigenvalue weighted by Gasteiger charge is -2.28. The number of carbonyl (C=O) groups is 15. The van der Waals surface area contributed by atoms with Crippen molar-refractivity contribution in [2.45, 2.75) is 213 Å². The number of aromatic nitrogens is 1. The number of primary amides is 1. The third-order valence-electron chi connectivity index (χ3n) is 20.9. The molecule has 37 nitrogen and oxygen atoms in total. The highest BCUT2D eigenvalue weighted by atomic mass is 16.6. The fourth-order valence-corrected chi connectivity index (χ4v) is 13.7. The number of hydrogen-bond acceptors (Lipinski definition) is 24. The zero-order chi connectivity index (χ0) is 89.7. The summed E-state index contributed by atoms with van der Waals surface area (Å²) in [4.78, 5) is 221. The highest BCUT2D eigenvalue weighted by Crippen LogP contribution is 2.27. The maximum Gasteiger partial charge on any atom is 0.309 e. The average Bonchev–Trinajstić information content (AvgIpc) is 1.72. The lowest BCUT2D eigenvalue weighted by Crippen LogP contribution is -2.50. The second kappa shape index (κ2) is 55.2. The van der Waals surface area contributed by atoms with Crippen molar-refractivity contribution in [3.05, 3.63) is 71.9 Å². The van der Waals surface area contributed by atoms with E-state index in [2.05, 4.69) is 46.5 Å². The molecule has 1 aromatic heterocycles. The summed E-state index contributed by atoms with van der Waals surface area (Å²) < 4.78 is 21.3. The highest BCUT2D eigenvalue weighted by Gasteiger charge is 2.39. The SMILES string of the molecule is CC[C@@H](C)[C@H](NC(=O)[C@H](CCCN=C(N)N)CC(=O)[C@@H](CCCN=C(N)N)NC(=O)[C@@H](CC(=O)[C@@H](CC(C)C)NC(=O)[C@H](CCCN=C(N)N)CC(=O)[C@@H](Cc1c[nH]c2ccccc12)NC(=O)CCC(=O)[C@@H](CO)NC(=O)[C@@H](CC(=O)CCOCCOCCOCCC(=O)OC1C(=O)CCC1=O)C(C)C)Cc1ccccc1)C(=O)C[C@@H](CO)C(N)=O. The van der Waals surface area contributed by atoms with Gasteiger partial charge in [0.25, 0.3) is 0 Å². The Hall–Kier alpha value is -10.8. The van der Waals surface area contributed by atoms with Gasteiger partial charge < -0.3 is 101 Å². The maximum absolute atomic E-state index is 15.2. The first-order valence-electron chi connectivity index (χ1n) is 41.5. The van der Waals surface area contributed by atoms with Gasteiger partial charge in [0.05, 0.1) is 89.4 Å². The van der Waals surface area contributed by atoms with Gasteiger partial charge in [-0.15, -0.1) is 0 Å². The summed E-state index contributed by atoms with van der Waals surface area (Å²) in [6, 6.07) is 9.34. The Morgan fingerprint density at radius 2 is 0.992 bits per heavy atom. The van der Waals surface area contributed by atoms with Crippen LogP contribution in [0.15, 0.2) is 75.8 Å². The van der Waals surface area contributed by atoms with Gasteiger partial charge >= 0.3 is 5.97 Å². The molecule has 0 aliphatic heterocycles. The van der Waals surface area contributed by atoms with Crippen LogP contribution in [-0.4, -0.2) is 230 Å². The Bertz CT molecular complexity index is 3990. The number of H-pyrrole nitrogens is 1. The summed E-state index contributed by atoms with van der Waals surface area (Å²) in [7, 11) is 0. The number of ketones is 8. The van der Waals surface area contributed by atoms with Gasteiger partial charge in [-0.25, -0.2) is 0 Å². The highest BCUT2D eigenvalue weighted by molar-refractivity contribution is 6.12. The predicted molar refractivity (Wildman–Crippen MR) is 449 cm³/mol. The van der Waals surface area contributed by atoms with Gasteiger partial charge in [-0.2, -0.15) is 0 Å². The molecule has 121 heavy (non-hydrogen) atoms. The minimum Gasteiger partial charge on any atom is -0.446 e. The number of para-hydroxylation sites is 1. The minimum atomic E-state index is -1.49. The number of nitrogens with zero attached hydrogens (tertiary/aromatic N) is 3. The van der Waals surface area contributed by atoms with Crippen LogP contribution in [0.1, 0.15) is 175 Å². The second-order valence-electron chi connectivity index (χ2n) is 31.3. The van der Waals surface area contributed by atoms with Gasteiger partial charge in [0.2, 0.25) is 41.5 Å². The van der Waals surface area contributed by atoms with Crippen molar-refractivity contribution in [1.82, 2.24) is 31.6 Å². The lowest BCUT2D eigenvalue weighted by atomic mass is 9.87. The van der Waals surface area contributed by atoms with Crippen molar-refractivity contribution >= 4 is 116 Å². The minimum absolute atomic E-state index is 0.00568. The topological polar surface area (TPSA) is 629 Å². The molecule has 0 spiro atoms. The molecular weight excluding hydrogens is 1570 g/mol. The van der Waals surface area contributed by atoms with E-state index in [4.69, 9.17) is 59.1 Å². The molecule has 1 saturated carbocycles. The van der Waals surface area contributed by atoms with Crippen LogP contribution in [0.5, 0.6) is 0 Å². The largest absolute Gasteiger partial charge is 0.446 e. The Labute approximate surface area is 705 Å². The van der Waals surface area contributed by atoms with Crippen LogP contribution < -0.4 is 66.7 Å². The van der Waals surface area contributed by atoms with Crippen molar-refractivity contribution in [3.8, 4) is 0 Å². The van der Waals surface area contributed by atoms with Crippen LogP contribution >= 0.6 is 0 Å². The first-order valence-corrected chi connectivity index (χ1v) is 41.5. The summed E-state index contributed by atoms with van der Waals surface area (Å²) in [5, 5.41) is 34.9.